The number of hydrogen-bond acceptors (Lipinski definition) is 4. The van der Waals surface area contributed by atoms with Crippen LogP contribution in [0, 0.1) is 0 Å². The predicted molar refractivity (Wildman–Crippen MR) is 99.4 cm³/mol. The highest BCUT2D eigenvalue weighted by atomic mass is 35.5. The third-order valence-electron chi connectivity index (χ3n) is 4.85. The topological polar surface area (TPSA) is 43.9 Å². The molecule has 0 saturated carbocycles. The lowest BCUT2D eigenvalue weighted by atomic mass is 10.1. The van der Waals surface area contributed by atoms with Crippen molar-refractivity contribution in [1.29, 1.82) is 0 Å². The molecule has 4 rings (SSSR count). The molecule has 0 radical (unpaired) electrons. The molecule has 1 aromatic heterocycles. The van der Waals surface area contributed by atoms with Crippen LogP contribution in [-0.4, -0.2) is 47.4 Å². The molecule has 2 saturated heterocycles. The van der Waals surface area contributed by atoms with Gasteiger partial charge in [-0.1, -0.05) is 17.7 Å². The van der Waals surface area contributed by atoms with Crippen LogP contribution in [0.4, 0.5) is 23.7 Å². The zero-order valence-corrected chi connectivity index (χ0v) is 16.0. The molecule has 2 aliphatic rings. The molecule has 5 nitrogen and oxygen atoms in total. The Kier molecular flexibility index (Phi) is 4.84. The first-order valence-corrected chi connectivity index (χ1v) is 9.72. The first-order chi connectivity index (χ1) is 13.2. The van der Waals surface area contributed by atoms with E-state index in [-0.39, 0.29) is 5.69 Å². The Labute approximate surface area is 167 Å². The van der Waals surface area contributed by atoms with Gasteiger partial charge in [0.05, 0.1) is 15.6 Å². The summed E-state index contributed by atoms with van der Waals surface area (Å²) in [5, 5.41) is 0. The average Bonchev–Trinajstić information content (AvgIpc) is 3.16. The number of alkyl halides is 3. The second kappa shape index (κ2) is 7.06. The summed E-state index contributed by atoms with van der Waals surface area (Å²) in [5.74, 6) is -0.502. The van der Waals surface area contributed by atoms with Crippen LogP contribution < -0.4 is 4.90 Å². The van der Waals surface area contributed by atoms with Gasteiger partial charge in [-0.25, -0.2) is 9.69 Å². The molecule has 3 heterocycles. The number of anilines is 1. The van der Waals surface area contributed by atoms with E-state index in [4.69, 9.17) is 11.6 Å². The maximum absolute atomic E-state index is 13.0. The Bertz CT molecular complexity index is 933. The molecule has 2 fully saturated rings. The summed E-state index contributed by atoms with van der Waals surface area (Å²) in [6.07, 6.45) is -4.55. The number of carbonyl (C=O) groups is 2. The molecule has 3 amide bonds. The van der Waals surface area contributed by atoms with Crippen molar-refractivity contribution in [3.63, 3.8) is 0 Å². The molecule has 28 heavy (non-hydrogen) atoms. The van der Waals surface area contributed by atoms with E-state index in [1.165, 1.54) is 28.4 Å². The molecule has 148 valence electrons. The number of thiophene rings is 1. The van der Waals surface area contributed by atoms with Crippen LogP contribution in [0.5, 0.6) is 0 Å². The van der Waals surface area contributed by atoms with Gasteiger partial charge >= 0.3 is 12.2 Å². The minimum Gasteiger partial charge on any atom is -0.309 e. The number of amides is 3. The Morgan fingerprint density at radius 3 is 2.61 bits per heavy atom. The van der Waals surface area contributed by atoms with Crippen molar-refractivity contribution in [2.75, 3.05) is 24.5 Å². The van der Waals surface area contributed by atoms with Gasteiger partial charge in [-0.2, -0.15) is 13.2 Å². The van der Waals surface area contributed by atoms with Crippen LogP contribution in [-0.2, 0) is 17.5 Å². The van der Waals surface area contributed by atoms with Crippen LogP contribution in [0.1, 0.15) is 10.4 Å². The van der Waals surface area contributed by atoms with Crippen molar-refractivity contribution in [1.82, 2.24) is 9.80 Å². The van der Waals surface area contributed by atoms with E-state index in [2.05, 4.69) is 0 Å². The number of halogens is 4. The van der Waals surface area contributed by atoms with E-state index in [9.17, 15) is 22.8 Å². The second-order valence-corrected chi connectivity index (χ2v) is 8.45. The molecular formula is C18H15ClF3N3O2S. The fraction of sp³-hybridized carbons (Fsp3) is 0.333. The Hall–Kier alpha value is -2.10. The number of rotatable bonds is 3. The van der Waals surface area contributed by atoms with Crippen molar-refractivity contribution in [3.8, 4) is 0 Å². The summed E-state index contributed by atoms with van der Waals surface area (Å²) in [5.41, 5.74) is -0.956. The molecule has 1 aromatic carbocycles. The number of benzene rings is 1. The van der Waals surface area contributed by atoms with Crippen molar-refractivity contribution in [2.24, 2.45) is 0 Å². The number of fused-ring (bicyclic) bond motifs is 1. The normalized spacial score (nSPS) is 20.8. The van der Waals surface area contributed by atoms with Gasteiger partial charge in [0.25, 0.3) is 5.91 Å². The van der Waals surface area contributed by atoms with E-state index in [0.717, 1.165) is 21.9 Å². The summed E-state index contributed by atoms with van der Waals surface area (Å²) in [7, 11) is 0. The van der Waals surface area contributed by atoms with Crippen LogP contribution in [0.3, 0.4) is 0 Å². The van der Waals surface area contributed by atoms with Crippen LogP contribution in [0.2, 0.25) is 4.34 Å². The molecule has 2 aliphatic heterocycles. The summed E-state index contributed by atoms with van der Waals surface area (Å²) in [6, 6.07) is 6.72. The number of nitrogens with zero attached hydrogens (tertiary/aromatic N) is 3. The largest absolute Gasteiger partial charge is 0.416 e. The summed E-state index contributed by atoms with van der Waals surface area (Å²) >= 11 is 7.40. The zero-order chi connectivity index (χ0) is 20.1. The number of piperazine rings is 1. The average molecular weight is 430 g/mol. The highest BCUT2D eigenvalue weighted by Gasteiger charge is 2.48. The van der Waals surface area contributed by atoms with Gasteiger partial charge in [-0.15, -0.1) is 11.3 Å². The summed E-state index contributed by atoms with van der Waals surface area (Å²) in [6.45, 7) is 1.84. The van der Waals surface area contributed by atoms with Crippen LogP contribution in [0.25, 0.3) is 0 Å². The van der Waals surface area contributed by atoms with Crippen LogP contribution in [0.15, 0.2) is 36.4 Å². The zero-order valence-electron chi connectivity index (χ0n) is 14.4. The molecule has 1 unspecified atom stereocenters. The molecule has 0 aliphatic carbocycles. The lowest BCUT2D eigenvalue weighted by Gasteiger charge is -2.34. The van der Waals surface area contributed by atoms with E-state index in [1.807, 2.05) is 11.0 Å². The lowest BCUT2D eigenvalue weighted by molar-refractivity contribution is -0.137. The van der Waals surface area contributed by atoms with Gasteiger partial charge in [-0.05, 0) is 30.3 Å². The molecular weight excluding hydrogens is 415 g/mol. The van der Waals surface area contributed by atoms with E-state index >= 15 is 0 Å². The Morgan fingerprint density at radius 2 is 1.93 bits per heavy atom. The van der Waals surface area contributed by atoms with Gasteiger partial charge in [0.2, 0.25) is 0 Å². The maximum Gasteiger partial charge on any atom is 0.416 e. The van der Waals surface area contributed by atoms with Crippen molar-refractivity contribution < 1.29 is 22.8 Å². The van der Waals surface area contributed by atoms with Crippen molar-refractivity contribution in [2.45, 2.75) is 18.8 Å². The second-order valence-electron chi connectivity index (χ2n) is 6.65. The number of carbonyl (C=O) groups excluding carboxylic acids is 2. The Balaban J connectivity index is 1.54. The van der Waals surface area contributed by atoms with Gasteiger partial charge in [-0.3, -0.25) is 9.69 Å². The quantitative estimate of drug-likeness (QED) is 0.691. The van der Waals surface area contributed by atoms with Crippen molar-refractivity contribution >= 4 is 40.6 Å². The summed E-state index contributed by atoms with van der Waals surface area (Å²) < 4.78 is 39.7. The van der Waals surface area contributed by atoms with Gasteiger partial charge in [0.15, 0.2) is 0 Å². The number of hydrogen-bond donors (Lipinski definition) is 0. The highest BCUT2D eigenvalue weighted by Crippen LogP contribution is 2.34. The minimum atomic E-state index is -4.55. The van der Waals surface area contributed by atoms with Gasteiger partial charge in [0.1, 0.15) is 6.04 Å². The van der Waals surface area contributed by atoms with Gasteiger partial charge in [0, 0.05) is 31.1 Å². The van der Waals surface area contributed by atoms with Crippen LogP contribution >= 0.6 is 22.9 Å². The SMILES string of the molecule is O=C1C2CN(Cc3ccc(Cl)s3)CCN2C(=O)N1c1cccc(C(F)(F)F)c1. The van der Waals surface area contributed by atoms with E-state index < -0.39 is 29.7 Å². The molecule has 0 spiro atoms. The van der Waals surface area contributed by atoms with E-state index in [0.29, 0.717) is 30.5 Å². The smallest absolute Gasteiger partial charge is 0.309 e. The third kappa shape index (κ3) is 3.49. The van der Waals surface area contributed by atoms with Crippen molar-refractivity contribution in [3.05, 3.63) is 51.2 Å². The predicted octanol–water partition coefficient (Wildman–Crippen LogP) is 4.07. The molecule has 10 heteroatoms. The number of urea groups is 1. The highest BCUT2D eigenvalue weighted by molar-refractivity contribution is 7.16. The fourth-order valence-corrected chi connectivity index (χ4v) is 4.64. The maximum atomic E-state index is 13.0. The number of imide groups is 1. The fourth-order valence-electron chi connectivity index (χ4n) is 3.51. The Morgan fingerprint density at radius 1 is 1.14 bits per heavy atom. The molecule has 2 aromatic rings. The standard InChI is InChI=1S/C18H15ClF3N3O2S/c19-15-5-4-13(28-15)9-23-6-7-24-14(10-23)16(26)25(17(24)27)12-3-1-2-11(8-12)18(20,21)22/h1-5,8,14H,6-7,9-10H2. The lowest BCUT2D eigenvalue weighted by Crippen LogP contribution is -2.52. The third-order valence-corrected chi connectivity index (χ3v) is 6.06. The summed E-state index contributed by atoms with van der Waals surface area (Å²) in [4.78, 5) is 30.9. The molecule has 1 atom stereocenters. The van der Waals surface area contributed by atoms with Gasteiger partial charge < -0.3 is 4.90 Å². The minimum absolute atomic E-state index is 0.0594. The first kappa shape index (κ1) is 19.2. The molecule has 0 N–H and O–H groups in total. The van der Waals surface area contributed by atoms with E-state index in [1.54, 1.807) is 6.07 Å². The monoisotopic (exact) mass is 429 g/mol. The molecule has 0 bridgehead atoms. The first-order valence-electron chi connectivity index (χ1n) is 8.52.